The van der Waals surface area contributed by atoms with Gasteiger partial charge in [-0.25, -0.2) is 0 Å². The summed E-state index contributed by atoms with van der Waals surface area (Å²) >= 11 is 5.19. The molecule has 0 aliphatic heterocycles. The summed E-state index contributed by atoms with van der Waals surface area (Å²) in [6.07, 6.45) is 12.9. The molecule has 114 valence electrons. The number of amides is 1. The average molecular weight is 296 g/mol. The summed E-state index contributed by atoms with van der Waals surface area (Å²) in [7, 11) is 0. The molecule has 2 fully saturated rings. The van der Waals surface area contributed by atoms with E-state index in [-0.39, 0.29) is 5.91 Å². The van der Waals surface area contributed by atoms with Crippen molar-refractivity contribution in [1.82, 2.24) is 5.32 Å². The highest BCUT2D eigenvalue weighted by Gasteiger charge is 2.42. The summed E-state index contributed by atoms with van der Waals surface area (Å²) in [5, 5.41) is 3.09. The number of nitrogens with one attached hydrogen (secondary N) is 1. The zero-order chi connectivity index (χ0) is 14.4. The van der Waals surface area contributed by atoms with Crippen molar-refractivity contribution in [2.45, 2.75) is 70.6 Å². The van der Waals surface area contributed by atoms with Crippen LogP contribution < -0.4 is 11.1 Å². The van der Waals surface area contributed by atoms with Gasteiger partial charge in [-0.05, 0) is 31.6 Å². The lowest BCUT2D eigenvalue weighted by Gasteiger charge is -2.34. The Morgan fingerprint density at radius 2 is 1.80 bits per heavy atom. The molecule has 2 aliphatic rings. The SMILES string of the molecule is NC(=S)C1(C(=O)NCCCC2CCCC2)CCCCC1. The van der Waals surface area contributed by atoms with Gasteiger partial charge in [-0.2, -0.15) is 0 Å². The summed E-state index contributed by atoms with van der Waals surface area (Å²) in [5.74, 6) is 0.974. The fraction of sp³-hybridized carbons (Fsp3) is 0.875. The van der Waals surface area contributed by atoms with Gasteiger partial charge >= 0.3 is 0 Å². The van der Waals surface area contributed by atoms with Gasteiger partial charge in [0.05, 0.1) is 10.4 Å². The van der Waals surface area contributed by atoms with Gasteiger partial charge in [-0.1, -0.05) is 57.2 Å². The monoisotopic (exact) mass is 296 g/mol. The van der Waals surface area contributed by atoms with Crippen molar-refractivity contribution >= 4 is 23.1 Å². The van der Waals surface area contributed by atoms with Gasteiger partial charge < -0.3 is 11.1 Å². The summed E-state index contributed by atoms with van der Waals surface area (Å²) in [6, 6.07) is 0. The molecule has 0 unspecified atom stereocenters. The number of rotatable bonds is 6. The highest BCUT2D eigenvalue weighted by atomic mass is 32.1. The van der Waals surface area contributed by atoms with E-state index in [1.54, 1.807) is 0 Å². The first-order valence-electron chi connectivity index (χ1n) is 8.23. The number of hydrogen-bond acceptors (Lipinski definition) is 2. The van der Waals surface area contributed by atoms with Crippen molar-refractivity contribution in [2.24, 2.45) is 17.1 Å². The molecule has 20 heavy (non-hydrogen) atoms. The van der Waals surface area contributed by atoms with Crippen molar-refractivity contribution < 1.29 is 4.79 Å². The van der Waals surface area contributed by atoms with E-state index in [4.69, 9.17) is 18.0 Å². The summed E-state index contributed by atoms with van der Waals surface area (Å²) in [5.41, 5.74) is 5.32. The third-order valence-corrected chi connectivity index (χ3v) is 5.55. The molecule has 0 saturated heterocycles. The highest BCUT2D eigenvalue weighted by Crippen LogP contribution is 2.37. The number of hydrogen-bond donors (Lipinski definition) is 2. The zero-order valence-electron chi connectivity index (χ0n) is 12.5. The molecule has 1 amide bonds. The maximum absolute atomic E-state index is 12.5. The van der Waals surface area contributed by atoms with Gasteiger partial charge in [-0.3, -0.25) is 4.79 Å². The third-order valence-electron chi connectivity index (χ3n) is 5.16. The van der Waals surface area contributed by atoms with E-state index < -0.39 is 5.41 Å². The number of nitrogens with two attached hydrogens (primary N) is 1. The molecule has 0 spiro atoms. The van der Waals surface area contributed by atoms with Crippen LogP contribution in [0.15, 0.2) is 0 Å². The van der Waals surface area contributed by atoms with Gasteiger partial charge in [0.2, 0.25) is 5.91 Å². The maximum atomic E-state index is 12.5. The molecule has 0 atom stereocenters. The van der Waals surface area contributed by atoms with E-state index in [0.29, 0.717) is 4.99 Å². The molecule has 0 aromatic carbocycles. The van der Waals surface area contributed by atoms with Crippen LogP contribution in [0.25, 0.3) is 0 Å². The topological polar surface area (TPSA) is 55.1 Å². The Balaban J connectivity index is 1.75. The summed E-state index contributed by atoms with van der Waals surface area (Å²) in [4.78, 5) is 12.9. The molecule has 4 heteroatoms. The summed E-state index contributed by atoms with van der Waals surface area (Å²) in [6.45, 7) is 0.777. The Morgan fingerprint density at radius 1 is 1.15 bits per heavy atom. The Kier molecular flexibility index (Phi) is 5.82. The van der Waals surface area contributed by atoms with E-state index in [9.17, 15) is 4.79 Å². The van der Waals surface area contributed by atoms with E-state index in [1.165, 1.54) is 38.5 Å². The third kappa shape index (κ3) is 3.72. The molecular weight excluding hydrogens is 268 g/mol. The van der Waals surface area contributed by atoms with E-state index in [1.807, 2.05) is 0 Å². The second-order valence-corrected chi connectivity index (χ2v) is 7.00. The van der Waals surface area contributed by atoms with Crippen molar-refractivity contribution in [3.63, 3.8) is 0 Å². The normalized spacial score (nSPS) is 22.6. The molecule has 2 aliphatic carbocycles. The lowest BCUT2D eigenvalue weighted by Crippen LogP contribution is -2.50. The average Bonchev–Trinajstić information content (AvgIpc) is 2.97. The summed E-state index contributed by atoms with van der Waals surface area (Å²) < 4.78 is 0. The fourth-order valence-corrected chi connectivity index (χ4v) is 4.10. The Morgan fingerprint density at radius 3 is 2.40 bits per heavy atom. The van der Waals surface area contributed by atoms with Crippen LogP contribution in [0.2, 0.25) is 0 Å². The van der Waals surface area contributed by atoms with Crippen molar-refractivity contribution in [3.8, 4) is 0 Å². The van der Waals surface area contributed by atoms with Crippen LogP contribution in [-0.4, -0.2) is 17.4 Å². The number of thiocarbonyl (C=S) groups is 1. The van der Waals surface area contributed by atoms with Gasteiger partial charge in [0.1, 0.15) is 0 Å². The highest BCUT2D eigenvalue weighted by molar-refractivity contribution is 7.80. The predicted molar refractivity (Wildman–Crippen MR) is 86.5 cm³/mol. The minimum Gasteiger partial charge on any atom is -0.392 e. The number of carbonyl (C=O) groups excluding carboxylic acids is 1. The van der Waals surface area contributed by atoms with E-state index in [2.05, 4.69) is 5.32 Å². The smallest absolute Gasteiger partial charge is 0.233 e. The molecule has 0 heterocycles. The molecule has 3 N–H and O–H groups in total. The molecule has 0 aromatic heterocycles. The first-order valence-corrected chi connectivity index (χ1v) is 8.64. The first kappa shape index (κ1) is 15.7. The van der Waals surface area contributed by atoms with Crippen molar-refractivity contribution in [1.29, 1.82) is 0 Å². The van der Waals surface area contributed by atoms with Gasteiger partial charge in [0, 0.05) is 6.54 Å². The van der Waals surface area contributed by atoms with Crippen LogP contribution in [-0.2, 0) is 4.79 Å². The molecule has 0 bridgehead atoms. The van der Waals surface area contributed by atoms with Crippen molar-refractivity contribution in [3.05, 3.63) is 0 Å². The van der Waals surface area contributed by atoms with Gasteiger partial charge in [0.25, 0.3) is 0 Å². The van der Waals surface area contributed by atoms with E-state index in [0.717, 1.165) is 44.6 Å². The minimum absolute atomic E-state index is 0.0797. The van der Waals surface area contributed by atoms with Gasteiger partial charge in [-0.15, -0.1) is 0 Å². The molecule has 0 radical (unpaired) electrons. The standard InChI is InChI=1S/C16H28N2OS/c17-14(20)16(10-4-1-5-11-16)15(19)18-12-6-9-13-7-2-3-8-13/h13H,1-12H2,(H2,17,20)(H,18,19). The quantitative estimate of drug-likeness (QED) is 0.584. The van der Waals surface area contributed by atoms with Crippen LogP contribution in [0.3, 0.4) is 0 Å². The van der Waals surface area contributed by atoms with E-state index >= 15 is 0 Å². The van der Waals surface area contributed by atoms with Crippen LogP contribution in [0.4, 0.5) is 0 Å². The van der Waals surface area contributed by atoms with Crippen molar-refractivity contribution in [2.75, 3.05) is 6.54 Å². The molecular formula is C16H28N2OS. The maximum Gasteiger partial charge on any atom is 0.233 e. The Bertz CT molecular complexity index is 344. The first-order chi connectivity index (χ1) is 9.65. The largest absolute Gasteiger partial charge is 0.392 e. The lowest BCUT2D eigenvalue weighted by atomic mass is 9.73. The second kappa shape index (κ2) is 7.39. The minimum atomic E-state index is -0.555. The number of carbonyl (C=O) groups is 1. The lowest BCUT2D eigenvalue weighted by molar-refractivity contribution is -0.128. The Labute approximate surface area is 128 Å². The zero-order valence-corrected chi connectivity index (χ0v) is 13.3. The van der Waals surface area contributed by atoms with Gasteiger partial charge in [0.15, 0.2) is 0 Å². The van der Waals surface area contributed by atoms with Crippen LogP contribution >= 0.6 is 12.2 Å². The molecule has 0 aromatic rings. The van der Waals surface area contributed by atoms with Crippen LogP contribution in [0.1, 0.15) is 70.6 Å². The van der Waals surface area contributed by atoms with Crippen LogP contribution in [0.5, 0.6) is 0 Å². The fourth-order valence-electron chi connectivity index (χ4n) is 3.80. The second-order valence-electron chi connectivity index (χ2n) is 6.56. The predicted octanol–water partition coefficient (Wildman–Crippen LogP) is 3.31. The van der Waals surface area contributed by atoms with Crippen LogP contribution in [0, 0.1) is 11.3 Å². The molecule has 2 saturated carbocycles. The molecule has 2 rings (SSSR count). The molecule has 3 nitrogen and oxygen atoms in total. The Hall–Kier alpha value is -0.640.